The number of nitrogens with zero attached hydrogens (tertiary/aromatic N) is 2. The Kier molecular flexibility index (Phi) is 4.09. The molecule has 2 aromatic rings. The molecule has 1 unspecified atom stereocenters. The van der Waals surface area contributed by atoms with Crippen LogP contribution in [0.5, 0.6) is 0 Å². The minimum atomic E-state index is 0.335. The van der Waals surface area contributed by atoms with Crippen LogP contribution in [0.4, 0.5) is 0 Å². The summed E-state index contributed by atoms with van der Waals surface area (Å²) in [5.74, 6) is 0.741. The molecular formula is C10H12BrN3OS. The van der Waals surface area contributed by atoms with Crippen LogP contribution in [0, 0.1) is 0 Å². The van der Waals surface area contributed by atoms with Gasteiger partial charge in [-0.2, -0.15) is 4.98 Å². The molecule has 86 valence electrons. The molecule has 2 aromatic heterocycles. The lowest BCUT2D eigenvalue weighted by atomic mass is 10.2. The maximum absolute atomic E-state index is 4.67. The SMILES string of the molecule is CC(NCCc1ncon1)c1sccc1Br. The zero-order chi connectivity index (χ0) is 11.4. The van der Waals surface area contributed by atoms with Gasteiger partial charge in [0.05, 0.1) is 0 Å². The lowest BCUT2D eigenvalue weighted by Gasteiger charge is -2.11. The molecule has 16 heavy (non-hydrogen) atoms. The Labute approximate surface area is 106 Å². The Balaban J connectivity index is 1.80. The van der Waals surface area contributed by atoms with Gasteiger partial charge in [-0.05, 0) is 34.3 Å². The highest BCUT2D eigenvalue weighted by atomic mass is 79.9. The molecule has 1 N–H and O–H groups in total. The van der Waals surface area contributed by atoms with Crippen LogP contribution in [-0.2, 0) is 6.42 Å². The van der Waals surface area contributed by atoms with Gasteiger partial charge in [0.2, 0.25) is 6.39 Å². The van der Waals surface area contributed by atoms with Crippen LogP contribution in [0.25, 0.3) is 0 Å². The highest BCUT2D eigenvalue weighted by Crippen LogP contribution is 2.28. The number of nitrogens with one attached hydrogen (secondary N) is 1. The second-order valence-corrected chi connectivity index (χ2v) is 5.21. The fraction of sp³-hybridized carbons (Fsp3) is 0.400. The average Bonchev–Trinajstić information content (AvgIpc) is 2.88. The molecule has 0 radical (unpaired) electrons. The quantitative estimate of drug-likeness (QED) is 0.922. The third-order valence-corrected chi connectivity index (χ3v) is 4.30. The zero-order valence-corrected chi connectivity index (χ0v) is 11.2. The molecular weight excluding hydrogens is 290 g/mol. The summed E-state index contributed by atoms with van der Waals surface area (Å²) < 4.78 is 5.83. The summed E-state index contributed by atoms with van der Waals surface area (Å²) in [5.41, 5.74) is 0. The second kappa shape index (κ2) is 5.56. The molecule has 2 rings (SSSR count). The lowest BCUT2D eigenvalue weighted by Crippen LogP contribution is -2.21. The van der Waals surface area contributed by atoms with Crippen molar-refractivity contribution in [2.24, 2.45) is 0 Å². The second-order valence-electron chi connectivity index (χ2n) is 3.41. The summed E-state index contributed by atoms with van der Waals surface area (Å²) in [6, 6.07) is 2.40. The summed E-state index contributed by atoms with van der Waals surface area (Å²) in [7, 11) is 0. The van der Waals surface area contributed by atoms with Gasteiger partial charge in [-0.1, -0.05) is 5.16 Å². The fourth-order valence-corrected chi connectivity index (χ4v) is 3.16. The van der Waals surface area contributed by atoms with Crippen molar-refractivity contribution < 1.29 is 4.52 Å². The van der Waals surface area contributed by atoms with Crippen LogP contribution in [0.1, 0.15) is 23.7 Å². The summed E-state index contributed by atoms with van der Waals surface area (Å²) in [6.45, 7) is 2.98. The molecule has 0 saturated heterocycles. The van der Waals surface area contributed by atoms with Crippen molar-refractivity contribution in [3.63, 3.8) is 0 Å². The van der Waals surface area contributed by atoms with E-state index in [0.717, 1.165) is 23.3 Å². The van der Waals surface area contributed by atoms with Crippen molar-refractivity contribution in [1.29, 1.82) is 0 Å². The molecule has 0 amide bonds. The van der Waals surface area contributed by atoms with Crippen molar-refractivity contribution >= 4 is 27.3 Å². The highest BCUT2D eigenvalue weighted by Gasteiger charge is 2.10. The summed E-state index contributed by atoms with van der Waals surface area (Å²) in [5, 5.41) is 9.26. The van der Waals surface area contributed by atoms with Gasteiger partial charge in [0.25, 0.3) is 0 Å². The van der Waals surface area contributed by atoms with E-state index >= 15 is 0 Å². The molecule has 0 spiro atoms. The van der Waals surface area contributed by atoms with E-state index < -0.39 is 0 Å². The van der Waals surface area contributed by atoms with Gasteiger partial charge < -0.3 is 9.84 Å². The van der Waals surface area contributed by atoms with Gasteiger partial charge in [0.15, 0.2) is 5.82 Å². The molecule has 2 heterocycles. The maximum Gasteiger partial charge on any atom is 0.213 e. The first-order valence-corrected chi connectivity index (χ1v) is 6.66. The number of thiophene rings is 1. The van der Waals surface area contributed by atoms with Crippen LogP contribution in [0.15, 0.2) is 26.8 Å². The van der Waals surface area contributed by atoms with Gasteiger partial charge in [0.1, 0.15) is 0 Å². The van der Waals surface area contributed by atoms with Crippen LogP contribution in [0.3, 0.4) is 0 Å². The Hall–Kier alpha value is -0.720. The topological polar surface area (TPSA) is 51.0 Å². The van der Waals surface area contributed by atoms with Crippen LogP contribution in [-0.4, -0.2) is 16.7 Å². The van der Waals surface area contributed by atoms with E-state index in [1.807, 2.05) is 0 Å². The van der Waals surface area contributed by atoms with Gasteiger partial charge in [-0.3, -0.25) is 0 Å². The first-order chi connectivity index (χ1) is 7.77. The molecule has 0 fully saturated rings. The number of hydrogen-bond donors (Lipinski definition) is 1. The van der Waals surface area contributed by atoms with Crippen LogP contribution < -0.4 is 5.32 Å². The minimum Gasteiger partial charge on any atom is -0.343 e. The molecule has 0 aromatic carbocycles. The van der Waals surface area contributed by atoms with E-state index in [2.05, 4.69) is 54.3 Å². The van der Waals surface area contributed by atoms with Crippen molar-refractivity contribution in [2.45, 2.75) is 19.4 Å². The smallest absolute Gasteiger partial charge is 0.213 e. The molecule has 0 bridgehead atoms. The number of halogens is 1. The van der Waals surface area contributed by atoms with E-state index in [9.17, 15) is 0 Å². The molecule has 0 aliphatic heterocycles. The van der Waals surface area contributed by atoms with Gasteiger partial charge >= 0.3 is 0 Å². The molecule has 4 nitrogen and oxygen atoms in total. The van der Waals surface area contributed by atoms with E-state index in [-0.39, 0.29) is 0 Å². The molecule has 1 atom stereocenters. The van der Waals surface area contributed by atoms with E-state index in [4.69, 9.17) is 0 Å². The maximum atomic E-state index is 4.67. The fourth-order valence-electron chi connectivity index (χ4n) is 1.41. The Morgan fingerprint density at radius 2 is 2.50 bits per heavy atom. The van der Waals surface area contributed by atoms with Gasteiger partial charge in [-0.25, -0.2) is 0 Å². The Bertz CT molecular complexity index is 429. The predicted molar refractivity (Wildman–Crippen MR) is 66.4 cm³/mol. The van der Waals surface area contributed by atoms with Gasteiger partial charge in [0, 0.05) is 28.4 Å². The lowest BCUT2D eigenvalue weighted by molar-refractivity contribution is 0.408. The molecule has 0 aliphatic rings. The van der Waals surface area contributed by atoms with E-state index in [0.29, 0.717) is 6.04 Å². The third-order valence-electron chi connectivity index (χ3n) is 2.24. The monoisotopic (exact) mass is 301 g/mol. The number of rotatable bonds is 5. The van der Waals surface area contributed by atoms with Crippen molar-refractivity contribution in [2.75, 3.05) is 6.54 Å². The van der Waals surface area contributed by atoms with Gasteiger partial charge in [-0.15, -0.1) is 11.3 Å². The summed E-state index contributed by atoms with van der Waals surface area (Å²) in [4.78, 5) is 5.28. The summed E-state index contributed by atoms with van der Waals surface area (Å²) in [6.07, 6.45) is 2.14. The number of hydrogen-bond acceptors (Lipinski definition) is 5. The third kappa shape index (κ3) is 2.90. The number of aromatic nitrogens is 2. The molecule has 0 saturated carbocycles. The Morgan fingerprint density at radius 1 is 1.62 bits per heavy atom. The summed E-state index contributed by atoms with van der Waals surface area (Å²) >= 11 is 5.27. The van der Waals surface area contributed by atoms with Crippen molar-refractivity contribution in [3.8, 4) is 0 Å². The van der Waals surface area contributed by atoms with Crippen LogP contribution >= 0.6 is 27.3 Å². The molecule has 6 heteroatoms. The molecule has 0 aliphatic carbocycles. The first-order valence-electron chi connectivity index (χ1n) is 4.99. The Morgan fingerprint density at radius 3 is 3.12 bits per heavy atom. The first kappa shape index (κ1) is 11.8. The zero-order valence-electron chi connectivity index (χ0n) is 8.81. The average molecular weight is 302 g/mol. The normalized spacial score (nSPS) is 12.9. The van der Waals surface area contributed by atoms with E-state index in [1.165, 1.54) is 11.3 Å². The standard InChI is InChI=1S/C10H12BrN3OS/c1-7(10-8(11)3-5-16-10)12-4-2-9-13-6-15-14-9/h3,5-7,12H,2,4H2,1H3. The van der Waals surface area contributed by atoms with Crippen molar-refractivity contribution in [3.05, 3.63) is 33.0 Å². The minimum absolute atomic E-state index is 0.335. The predicted octanol–water partition coefficient (Wildman–Crippen LogP) is 2.79. The van der Waals surface area contributed by atoms with Crippen LogP contribution in [0.2, 0.25) is 0 Å². The van der Waals surface area contributed by atoms with E-state index in [1.54, 1.807) is 11.3 Å². The van der Waals surface area contributed by atoms with Crippen molar-refractivity contribution in [1.82, 2.24) is 15.5 Å². The highest BCUT2D eigenvalue weighted by molar-refractivity contribution is 9.10. The largest absolute Gasteiger partial charge is 0.343 e.